The minimum atomic E-state index is -3.62. The van der Waals surface area contributed by atoms with E-state index in [9.17, 15) is 13.2 Å². The lowest BCUT2D eigenvalue weighted by Crippen LogP contribution is -2.27. The molecule has 0 fully saturated rings. The average Bonchev–Trinajstić information content (AvgIpc) is 3.17. The third-order valence-electron chi connectivity index (χ3n) is 5.71. The van der Waals surface area contributed by atoms with E-state index in [-0.39, 0.29) is 16.8 Å². The first-order chi connectivity index (χ1) is 15.4. The van der Waals surface area contributed by atoms with Gasteiger partial charge in [0.1, 0.15) is 13.2 Å². The molecule has 0 radical (unpaired) electrons. The summed E-state index contributed by atoms with van der Waals surface area (Å²) in [6.07, 6.45) is 4.36. The van der Waals surface area contributed by atoms with E-state index >= 15 is 0 Å². The summed E-state index contributed by atoms with van der Waals surface area (Å²) in [4.78, 5) is 12.5. The van der Waals surface area contributed by atoms with Crippen molar-refractivity contribution in [2.75, 3.05) is 19.8 Å². The largest absolute Gasteiger partial charge is 0.486 e. The highest BCUT2D eigenvalue weighted by Crippen LogP contribution is 2.33. The van der Waals surface area contributed by atoms with Crippen LogP contribution < -0.4 is 19.5 Å². The topological polar surface area (TPSA) is 93.7 Å². The Bertz CT molecular complexity index is 1090. The molecule has 0 bridgehead atoms. The summed E-state index contributed by atoms with van der Waals surface area (Å²) < 4.78 is 38.5. The van der Waals surface area contributed by atoms with Gasteiger partial charge in [0, 0.05) is 24.1 Å². The third kappa shape index (κ3) is 5.54. The molecule has 0 saturated heterocycles. The quantitative estimate of drug-likeness (QED) is 0.535. The fourth-order valence-corrected chi connectivity index (χ4v) is 5.35. The number of nitrogens with one attached hydrogen (secondary N) is 2. The lowest BCUT2D eigenvalue weighted by molar-refractivity contribution is -0.121. The van der Waals surface area contributed by atoms with Gasteiger partial charge in [0.05, 0.1) is 10.9 Å². The normalized spacial score (nSPS) is 17.1. The van der Waals surface area contributed by atoms with Crippen molar-refractivity contribution in [3.8, 4) is 11.5 Å². The van der Waals surface area contributed by atoms with Crippen LogP contribution in [0.25, 0.3) is 0 Å². The van der Waals surface area contributed by atoms with Crippen molar-refractivity contribution in [1.29, 1.82) is 0 Å². The third-order valence-corrected chi connectivity index (χ3v) is 7.41. The van der Waals surface area contributed by atoms with E-state index in [1.54, 1.807) is 6.07 Å². The van der Waals surface area contributed by atoms with Gasteiger partial charge in [-0.25, -0.2) is 13.1 Å². The van der Waals surface area contributed by atoms with Crippen LogP contribution in [-0.4, -0.2) is 34.1 Å². The standard InChI is InChI=1S/C23H27ClN2O5S/c24-17-6-8-19-16(14-17)5-9-20(19)26-23(27)4-2-1-3-11-25-32(28,29)18-7-10-21-22(15-18)31-13-12-30-21/h6-8,10,14-15,20,25H,1-5,9,11-13H2,(H,26,27). The van der Waals surface area contributed by atoms with Gasteiger partial charge in [-0.1, -0.05) is 24.1 Å². The number of fused-ring (bicyclic) bond motifs is 2. The molecule has 4 rings (SSSR count). The molecule has 2 aromatic rings. The Morgan fingerprint density at radius 3 is 2.69 bits per heavy atom. The lowest BCUT2D eigenvalue weighted by Gasteiger charge is -2.18. The SMILES string of the molecule is O=C(CCCCCNS(=O)(=O)c1ccc2c(c1)OCCO2)NC1CCc2cc(Cl)ccc21. The number of halogens is 1. The zero-order valence-corrected chi connectivity index (χ0v) is 19.3. The maximum Gasteiger partial charge on any atom is 0.240 e. The second-order valence-electron chi connectivity index (χ2n) is 8.02. The highest BCUT2D eigenvalue weighted by molar-refractivity contribution is 7.89. The molecule has 1 aliphatic carbocycles. The molecule has 0 spiro atoms. The minimum Gasteiger partial charge on any atom is -0.486 e. The molecule has 0 saturated carbocycles. The van der Waals surface area contributed by atoms with Crippen molar-refractivity contribution in [2.45, 2.75) is 49.5 Å². The van der Waals surface area contributed by atoms with Gasteiger partial charge >= 0.3 is 0 Å². The number of amides is 1. The summed E-state index contributed by atoms with van der Waals surface area (Å²) in [5, 5.41) is 3.82. The van der Waals surface area contributed by atoms with Gasteiger partial charge in [0.15, 0.2) is 11.5 Å². The van der Waals surface area contributed by atoms with Crippen molar-refractivity contribution in [3.05, 3.63) is 52.5 Å². The van der Waals surface area contributed by atoms with Gasteiger partial charge in [-0.3, -0.25) is 4.79 Å². The summed E-state index contributed by atoms with van der Waals surface area (Å²) in [5.74, 6) is 1.02. The molecular formula is C23H27ClN2O5S. The molecule has 1 atom stereocenters. The first-order valence-corrected chi connectivity index (χ1v) is 12.8. The van der Waals surface area contributed by atoms with Crippen LogP contribution in [0.1, 0.15) is 49.3 Å². The van der Waals surface area contributed by atoms with E-state index in [1.165, 1.54) is 17.7 Å². The zero-order valence-electron chi connectivity index (χ0n) is 17.7. The van der Waals surface area contributed by atoms with E-state index in [0.717, 1.165) is 29.8 Å². The van der Waals surface area contributed by atoms with E-state index in [0.29, 0.717) is 50.5 Å². The molecule has 32 heavy (non-hydrogen) atoms. The molecule has 9 heteroatoms. The molecule has 0 aromatic heterocycles. The number of carbonyl (C=O) groups excluding carboxylic acids is 1. The molecule has 1 heterocycles. The molecule has 1 aliphatic heterocycles. The lowest BCUT2D eigenvalue weighted by atomic mass is 10.1. The Labute approximate surface area is 193 Å². The first kappa shape index (κ1) is 22.9. The molecule has 2 N–H and O–H groups in total. The summed E-state index contributed by atoms with van der Waals surface area (Å²) in [7, 11) is -3.62. The van der Waals surface area contributed by atoms with E-state index < -0.39 is 10.0 Å². The summed E-state index contributed by atoms with van der Waals surface area (Å²) >= 11 is 6.04. The number of hydrogen-bond acceptors (Lipinski definition) is 5. The second kappa shape index (κ2) is 10.1. The van der Waals surface area contributed by atoms with Crippen molar-refractivity contribution in [1.82, 2.24) is 10.0 Å². The first-order valence-electron chi connectivity index (χ1n) is 10.9. The second-order valence-corrected chi connectivity index (χ2v) is 10.2. The minimum absolute atomic E-state index is 0.0228. The van der Waals surface area contributed by atoms with Crippen LogP contribution in [0.2, 0.25) is 5.02 Å². The van der Waals surface area contributed by atoms with Crippen molar-refractivity contribution < 1.29 is 22.7 Å². The van der Waals surface area contributed by atoms with Crippen LogP contribution >= 0.6 is 11.6 Å². The van der Waals surface area contributed by atoms with Crippen LogP contribution in [-0.2, 0) is 21.2 Å². The number of benzene rings is 2. The fraction of sp³-hybridized carbons (Fsp3) is 0.435. The smallest absolute Gasteiger partial charge is 0.240 e. The maximum atomic E-state index is 12.5. The number of rotatable bonds is 9. The highest BCUT2D eigenvalue weighted by atomic mass is 35.5. The number of ether oxygens (including phenoxy) is 2. The molecule has 2 aromatic carbocycles. The molecule has 1 amide bonds. The Hall–Kier alpha value is -2.29. The Morgan fingerprint density at radius 1 is 1.03 bits per heavy atom. The predicted molar refractivity (Wildman–Crippen MR) is 122 cm³/mol. The average molecular weight is 479 g/mol. The van der Waals surface area contributed by atoms with E-state index in [1.807, 2.05) is 18.2 Å². The van der Waals surface area contributed by atoms with Gasteiger partial charge in [-0.15, -0.1) is 0 Å². The summed E-state index contributed by atoms with van der Waals surface area (Å²) in [6.45, 7) is 1.17. The Balaban J connectivity index is 1.16. The highest BCUT2D eigenvalue weighted by Gasteiger charge is 2.24. The number of aryl methyl sites for hydroxylation is 1. The van der Waals surface area contributed by atoms with Crippen LogP contribution in [0.3, 0.4) is 0 Å². The van der Waals surface area contributed by atoms with Gasteiger partial charge < -0.3 is 14.8 Å². The van der Waals surface area contributed by atoms with Crippen LogP contribution in [0.15, 0.2) is 41.3 Å². The maximum absolute atomic E-state index is 12.5. The zero-order chi connectivity index (χ0) is 22.6. The Kier molecular flexibility index (Phi) is 7.23. The summed E-state index contributed by atoms with van der Waals surface area (Å²) in [6, 6.07) is 10.5. The monoisotopic (exact) mass is 478 g/mol. The van der Waals surface area contributed by atoms with Crippen molar-refractivity contribution in [2.24, 2.45) is 0 Å². The van der Waals surface area contributed by atoms with Gasteiger partial charge in [-0.05, 0) is 61.1 Å². The van der Waals surface area contributed by atoms with Crippen molar-refractivity contribution >= 4 is 27.5 Å². The van der Waals surface area contributed by atoms with Gasteiger partial charge in [-0.2, -0.15) is 0 Å². The predicted octanol–water partition coefficient (Wildman–Crippen LogP) is 3.75. The Morgan fingerprint density at radius 2 is 1.84 bits per heavy atom. The number of sulfonamides is 1. The fourth-order valence-electron chi connectivity index (χ4n) is 4.07. The number of hydrogen-bond donors (Lipinski definition) is 2. The van der Waals surface area contributed by atoms with Crippen LogP contribution in [0.5, 0.6) is 11.5 Å². The number of carbonyl (C=O) groups is 1. The van der Waals surface area contributed by atoms with Crippen molar-refractivity contribution in [3.63, 3.8) is 0 Å². The molecular weight excluding hydrogens is 452 g/mol. The summed E-state index contributed by atoms with van der Waals surface area (Å²) in [5.41, 5.74) is 2.35. The van der Waals surface area contributed by atoms with E-state index in [4.69, 9.17) is 21.1 Å². The molecule has 7 nitrogen and oxygen atoms in total. The van der Waals surface area contributed by atoms with Crippen LogP contribution in [0, 0.1) is 0 Å². The molecule has 172 valence electrons. The van der Waals surface area contributed by atoms with Gasteiger partial charge in [0.25, 0.3) is 0 Å². The molecule has 2 aliphatic rings. The van der Waals surface area contributed by atoms with Crippen LogP contribution in [0.4, 0.5) is 0 Å². The van der Waals surface area contributed by atoms with E-state index in [2.05, 4.69) is 10.0 Å². The number of unbranched alkanes of at least 4 members (excludes halogenated alkanes) is 2. The van der Waals surface area contributed by atoms with Gasteiger partial charge in [0.2, 0.25) is 15.9 Å². The molecule has 1 unspecified atom stereocenters.